The van der Waals surface area contributed by atoms with Gasteiger partial charge in [-0.05, 0) is 61.2 Å². The average molecular weight is 726 g/mol. The van der Waals surface area contributed by atoms with Gasteiger partial charge in [-0.15, -0.1) is 0 Å². The minimum atomic E-state index is -4.89. The fourth-order valence-electron chi connectivity index (χ4n) is 6.12. The lowest BCUT2D eigenvalue weighted by atomic mass is 9.94. The Balaban J connectivity index is 1.60. The molecule has 1 atom stereocenters. The van der Waals surface area contributed by atoms with Gasteiger partial charge in [0.25, 0.3) is 10.0 Å². The van der Waals surface area contributed by atoms with Crippen LogP contribution in [0.2, 0.25) is 5.02 Å². The number of alkyl halides is 3. The van der Waals surface area contributed by atoms with E-state index in [0.717, 1.165) is 55.4 Å². The van der Waals surface area contributed by atoms with Gasteiger partial charge >= 0.3 is 6.18 Å². The normalized spacial score (nSPS) is 14.5. The van der Waals surface area contributed by atoms with Crippen LogP contribution in [0, 0.1) is 6.92 Å². The fourth-order valence-corrected chi connectivity index (χ4v) is 7.77. The number of sulfonamides is 1. The number of rotatable bonds is 12. The van der Waals surface area contributed by atoms with Gasteiger partial charge in [0, 0.05) is 19.0 Å². The first-order chi connectivity index (χ1) is 23.8. The maximum atomic E-state index is 14.6. The molecule has 0 heterocycles. The number of carbonyl (C=O) groups is 2. The summed E-state index contributed by atoms with van der Waals surface area (Å²) >= 11 is 5.90. The molecule has 264 valence electrons. The van der Waals surface area contributed by atoms with Crippen molar-refractivity contribution in [2.45, 2.75) is 75.1 Å². The van der Waals surface area contributed by atoms with Gasteiger partial charge in [0.2, 0.25) is 11.8 Å². The van der Waals surface area contributed by atoms with E-state index in [1.54, 1.807) is 6.07 Å². The van der Waals surface area contributed by atoms with Crippen molar-refractivity contribution in [1.29, 1.82) is 0 Å². The standard InChI is InChI=1S/C38H39ClF3N3O4S/c1-27-17-19-29(20-18-27)25-44(35(23-28-11-5-2-6-12-28)37(47)43-30-13-7-3-8-14-30)36(46)26-45(50(48,49)32-15-9-4-10-16-32)31-21-22-34(39)33(24-31)38(40,41)42/h2,4-6,9-12,15-22,24,30,35H,3,7-8,13-14,23,25-26H2,1H3,(H,43,47). The van der Waals surface area contributed by atoms with Crippen molar-refractivity contribution >= 4 is 39.1 Å². The van der Waals surface area contributed by atoms with E-state index in [4.69, 9.17) is 11.6 Å². The number of carbonyl (C=O) groups excluding carboxylic acids is 2. The Labute approximate surface area is 296 Å². The zero-order valence-electron chi connectivity index (χ0n) is 27.6. The number of amides is 2. The summed E-state index contributed by atoms with van der Waals surface area (Å²) < 4.78 is 70.9. The van der Waals surface area contributed by atoms with Crippen LogP contribution in [0.4, 0.5) is 18.9 Å². The molecule has 0 saturated heterocycles. The van der Waals surface area contributed by atoms with Crippen molar-refractivity contribution in [2.24, 2.45) is 0 Å². The van der Waals surface area contributed by atoms with Gasteiger partial charge in [0.05, 0.1) is 21.2 Å². The van der Waals surface area contributed by atoms with Crippen molar-refractivity contribution < 1.29 is 31.2 Å². The number of hydrogen-bond donors (Lipinski definition) is 1. The highest BCUT2D eigenvalue weighted by Crippen LogP contribution is 2.38. The van der Waals surface area contributed by atoms with E-state index in [-0.39, 0.29) is 29.8 Å². The summed E-state index contributed by atoms with van der Waals surface area (Å²) in [7, 11) is -4.59. The third kappa shape index (κ3) is 9.25. The molecule has 7 nitrogen and oxygen atoms in total. The van der Waals surface area contributed by atoms with Gasteiger partial charge < -0.3 is 10.2 Å². The van der Waals surface area contributed by atoms with E-state index in [9.17, 15) is 31.2 Å². The van der Waals surface area contributed by atoms with Crippen LogP contribution in [0.25, 0.3) is 0 Å². The van der Waals surface area contributed by atoms with E-state index >= 15 is 0 Å². The van der Waals surface area contributed by atoms with Gasteiger partial charge in [0.1, 0.15) is 12.6 Å². The predicted octanol–water partition coefficient (Wildman–Crippen LogP) is 7.95. The van der Waals surface area contributed by atoms with Crippen molar-refractivity contribution in [3.05, 3.63) is 130 Å². The van der Waals surface area contributed by atoms with E-state index < -0.39 is 51.0 Å². The first kappa shape index (κ1) is 36.9. The molecule has 1 fully saturated rings. The molecule has 0 aliphatic heterocycles. The lowest BCUT2D eigenvalue weighted by Crippen LogP contribution is -2.55. The van der Waals surface area contributed by atoms with Gasteiger partial charge in [-0.2, -0.15) is 13.2 Å². The molecule has 12 heteroatoms. The Bertz CT molecular complexity index is 1870. The Kier molecular flexibility index (Phi) is 11.9. The van der Waals surface area contributed by atoms with Crippen molar-refractivity contribution in [3.63, 3.8) is 0 Å². The molecule has 1 aliphatic rings. The number of nitrogens with one attached hydrogen (secondary N) is 1. The SMILES string of the molecule is Cc1ccc(CN(C(=O)CN(c2ccc(Cl)c(C(F)(F)F)c2)S(=O)(=O)c2ccccc2)C(Cc2ccccc2)C(=O)NC2CCCCC2)cc1. The number of anilines is 1. The van der Waals surface area contributed by atoms with Crippen LogP contribution in [0.15, 0.2) is 108 Å². The minimum Gasteiger partial charge on any atom is -0.352 e. The third-order valence-corrected chi connectivity index (χ3v) is 11.0. The second-order valence-corrected chi connectivity index (χ2v) is 14.8. The molecule has 4 aromatic carbocycles. The summed E-state index contributed by atoms with van der Waals surface area (Å²) in [5.74, 6) is -1.15. The molecule has 1 N–H and O–H groups in total. The van der Waals surface area contributed by atoms with Crippen molar-refractivity contribution in [1.82, 2.24) is 10.2 Å². The van der Waals surface area contributed by atoms with E-state index in [1.807, 2.05) is 61.5 Å². The molecular weight excluding hydrogens is 687 g/mol. The van der Waals surface area contributed by atoms with Crippen molar-refractivity contribution in [3.8, 4) is 0 Å². The van der Waals surface area contributed by atoms with Crippen LogP contribution in [-0.4, -0.2) is 43.8 Å². The quantitative estimate of drug-likeness (QED) is 0.161. The summed E-state index contributed by atoms with van der Waals surface area (Å²) in [5, 5.41) is 2.52. The zero-order valence-corrected chi connectivity index (χ0v) is 29.1. The number of benzene rings is 4. The van der Waals surface area contributed by atoms with E-state index in [1.165, 1.54) is 29.2 Å². The smallest absolute Gasteiger partial charge is 0.352 e. The van der Waals surface area contributed by atoms with E-state index in [0.29, 0.717) is 15.9 Å². The molecule has 50 heavy (non-hydrogen) atoms. The molecule has 4 aromatic rings. The summed E-state index contributed by atoms with van der Waals surface area (Å²) in [5.41, 5.74) is 0.795. The molecule has 2 amide bonds. The summed E-state index contributed by atoms with van der Waals surface area (Å²) in [4.78, 5) is 30.0. The molecule has 1 unspecified atom stereocenters. The van der Waals surface area contributed by atoms with Crippen LogP contribution in [-0.2, 0) is 38.8 Å². The Morgan fingerprint density at radius 3 is 2.10 bits per heavy atom. The summed E-state index contributed by atoms with van der Waals surface area (Å²) in [6.45, 7) is 0.975. The second-order valence-electron chi connectivity index (χ2n) is 12.5. The van der Waals surface area contributed by atoms with Crippen LogP contribution < -0.4 is 9.62 Å². The van der Waals surface area contributed by atoms with Crippen LogP contribution in [0.1, 0.15) is 54.4 Å². The lowest BCUT2D eigenvalue weighted by molar-refractivity contribution is -0.140. The van der Waals surface area contributed by atoms with Gasteiger partial charge in [-0.3, -0.25) is 13.9 Å². The topological polar surface area (TPSA) is 86.8 Å². The van der Waals surface area contributed by atoms with Gasteiger partial charge in [0.15, 0.2) is 0 Å². The fraction of sp³-hybridized carbons (Fsp3) is 0.316. The molecule has 0 spiro atoms. The van der Waals surface area contributed by atoms with Crippen molar-refractivity contribution in [2.75, 3.05) is 10.8 Å². The summed E-state index contributed by atoms with van der Waals surface area (Å²) in [6.07, 6.45) is -0.157. The third-order valence-electron chi connectivity index (χ3n) is 8.85. The number of aryl methyl sites for hydroxylation is 1. The first-order valence-electron chi connectivity index (χ1n) is 16.5. The molecule has 1 aliphatic carbocycles. The first-order valence-corrected chi connectivity index (χ1v) is 18.3. The Hall–Kier alpha value is -4.35. The number of nitrogens with zero attached hydrogens (tertiary/aromatic N) is 2. The molecule has 0 radical (unpaired) electrons. The molecule has 0 bridgehead atoms. The zero-order chi connectivity index (χ0) is 35.9. The number of halogens is 4. The largest absolute Gasteiger partial charge is 0.417 e. The predicted molar refractivity (Wildman–Crippen MR) is 188 cm³/mol. The molecule has 5 rings (SSSR count). The van der Waals surface area contributed by atoms with Crippen LogP contribution in [0.5, 0.6) is 0 Å². The van der Waals surface area contributed by atoms with Crippen LogP contribution in [0.3, 0.4) is 0 Å². The highest BCUT2D eigenvalue weighted by molar-refractivity contribution is 7.92. The van der Waals surface area contributed by atoms with Gasteiger partial charge in [-0.25, -0.2) is 8.42 Å². The number of hydrogen-bond acceptors (Lipinski definition) is 4. The Morgan fingerprint density at radius 1 is 0.860 bits per heavy atom. The summed E-state index contributed by atoms with van der Waals surface area (Å²) in [6, 6.07) is 25.3. The van der Waals surface area contributed by atoms with Crippen LogP contribution >= 0.6 is 11.6 Å². The monoisotopic (exact) mass is 725 g/mol. The lowest BCUT2D eigenvalue weighted by Gasteiger charge is -2.35. The molecule has 0 aromatic heterocycles. The molecular formula is C38H39ClF3N3O4S. The maximum Gasteiger partial charge on any atom is 0.417 e. The van der Waals surface area contributed by atoms with E-state index in [2.05, 4.69) is 5.32 Å². The van der Waals surface area contributed by atoms with Gasteiger partial charge in [-0.1, -0.05) is 109 Å². The highest BCUT2D eigenvalue weighted by atomic mass is 35.5. The average Bonchev–Trinajstić information content (AvgIpc) is 3.10. The molecule has 1 saturated carbocycles. The minimum absolute atomic E-state index is 0.0532. The Morgan fingerprint density at radius 2 is 1.48 bits per heavy atom. The second kappa shape index (κ2) is 16.1. The highest BCUT2D eigenvalue weighted by Gasteiger charge is 2.38. The maximum absolute atomic E-state index is 14.6.